The highest BCUT2D eigenvalue weighted by molar-refractivity contribution is 5.34. The standard InChI is InChI=1S/C8H9NO3/c10-7-3-8(11)9-6-1-2-12-4-5(6)7/h3H,1-2,4H2,(H2,9,10,11). The van der Waals surface area contributed by atoms with E-state index in [0.29, 0.717) is 25.2 Å². The van der Waals surface area contributed by atoms with Crippen molar-refractivity contribution >= 4 is 0 Å². The molecule has 12 heavy (non-hydrogen) atoms. The molecule has 1 aliphatic heterocycles. The number of aromatic nitrogens is 1. The van der Waals surface area contributed by atoms with Crippen molar-refractivity contribution < 1.29 is 9.84 Å². The molecule has 4 nitrogen and oxygen atoms in total. The lowest BCUT2D eigenvalue weighted by atomic mass is 10.1. The number of hydrogen-bond acceptors (Lipinski definition) is 3. The highest BCUT2D eigenvalue weighted by atomic mass is 16.5. The van der Waals surface area contributed by atoms with E-state index in [-0.39, 0.29) is 11.3 Å². The quantitative estimate of drug-likeness (QED) is 0.578. The summed E-state index contributed by atoms with van der Waals surface area (Å²) in [5, 5.41) is 9.34. The van der Waals surface area contributed by atoms with E-state index in [4.69, 9.17) is 4.74 Å². The van der Waals surface area contributed by atoms with Crippen molar-refractivity contribution in [2.75, 3.05) is 6.61 Å². The molecule has 2 heterocycles. The smallest absolute Gasteiger partial charge is 0.251 e. The fourth-order valence-electron chi connectivity index (χ4n) is 1.35. The molecule has 0 unspecified atom stereocenters. The third-order valence-electron chi connectivity index (χ3n) is 1.96. The Bertz CT molecular complexity index is 356. The van der Waals surface area contributed by atoms with Crippen LogP contribution >= 0.6 is 0 Å². The van der Waals surface area contributed by atoms with Crippen LogP contribution in [0.1, 0.15) is 11.3 Å². The molecule has 2 N–H and O–H groups in total. The highest BCUT2D eigenvalue weighted by Crippen LogP contribution is 2.21. The lowest BCUT2D eigenvalue weighted by molar-refractivity contribution is 0.107. The lowest BCUT2D eigenvalue weighted by Crippen LogP contribution is -2.17. The van der Waals surface area contributed by atoms with E-state index in [1.807, 2.05) is 0 Å². The van der Waals surface area contributed by atoms with Gasteiger partial charge in [0.05, 0.1) is 13.2 Å². The zero-order valence-electron chi connectivity index (χ0n) is 6.46. The first-order valence-electron chi connectivity index (χ1n) is 3.79. The van der Waals surface area contributed by atoms with Crippen molar-refractivity contribution in [2.24, 2.45) is 0 Å². The molecule has 0 saturated heterocycles. The first kappa shape index (κ1) is 7.36. The van der Waals surface area contributed by atoms with Crippen molar-refractivity contribution in [3.63, 3.8) is 0 Å². The normalized spacial score (nSPS) is 15.7. The summed E-state index contributed by atoms with van der Waals surface area (Å²) in [5.41, 5.74) is 1.25. The minimum atomic E-state index is -0.256. The Hall–Kier alpha value is -1.29. The Morgan fingerprint density at radius 2 is 2.42 bits per heavy atom. The summed E-state index contributed by atoms with van der Waals surface area (Å²) in [6.45, 7) is 0.990. The van der Waals surface area contributed by atoms with Crippen molar-refractivity contribution in [3.8, 4) is 5.75 Å². The Balaban J connectivity index is 2.60. The Morgan fingerprint density at radius 1 is 1.58 bits per heavy atom. The van der Waals surface area contributed by atoms with Crippen LogP contribution in [-0.4, -0.2) is 16.7 Å². The molecule has 0 fully saturated rings. The first-order valence-corrected chi connectivity index (χ1v) is 3.79. The molecule has 0 bridgehead atoms. The van der Waals surface area contributed by atoms with Gasteiger partial charge in [0.2, 0.25) is 0 Å². The Labute approximate surface area is 68.8 Å². The van der Waals surface area contributed by atoms with Crippen molar-refractivity contribution in [1.82, 2.24) is 4.98 Å². The molecule has 0 aliphatic carbocycles. The second-order valence-corrected chi connectivity index (χ2v) is 2.78. The molecule has 1 aromatic rings. The van der Waals surface area contributed by atoms with Crippen LogP contribution in [0.4, 0.5) is 0 Å². The average Bonchev–Trinajstić information content (AvgIpc) is 2.04. The summed E-state index contributed by atoms with van der Waals surface area (Å²) < 4.78 is 5.13. The molecule has 1 aromatic heterocycles. The molecule has 0 saturated carbocycles. The van der Waals surface area contributed by atoms with Gasteiger partial charge in [0, 0.05) is 23.7 Å². The fourth-order valence-corrected chi connectivity index (χ4v) is 1.35. The van der Waals surface area contributed by atoms with Gasteiger partial charge in [-0.1, -0.05) is 0 Å². The highest BCUT2D eigenvalue weighted by Gasteiger charge is 2.14. The molecule has 0 amide bonds. The van der Waals surface area contributed by atoms with Gasteiger partial charge in [0.25, 0.3) is 5.56 Å². The predicted molar refractivity (Wildman–Crippen MR) is 42.1 cm³/mol. The lowest BCUT2D eigenvalue weighted by Gasteiger charge is -2.16. The van der Waals surface area contributed by atoms with Crippen LogP contribution in [0.5, 0.6) is 5.75 Å². The summed E-state index contributed by atoms with van der Waals surface area (Å²) in [5.74, 6) is 0.0356. The van der Waals surface area contributed by atoms with Gasteiger partial charge in [-0.05, 0) is 0 Å². The number of nitrogens with one attached hydrogen (secondary N) is 1. The number of hydrogen-bond donors (Lipinski definition) is 2. The maximum atomic E-state index is 10.9. The average molecular weight is 167 g/mol. The van der Waals surface area contributed by atoms with Crippen LogP contribution in [0.2, 0.25) is 0 Å². The maximum absolute atomic E-state index is 10.9. The van der Waals surface area contributed by atoms with Crippen LogP contribution in [0.25, 0.3) is 0 Å². The van der Waals surface area contributed by atoms with Crippen LogP contribution < -0.4 is 5.56 Å². The van der Waals surface area contributed by atoms with E-state index in [0.717, 1.165) is 5.69 Å². The molecule has 2 rings (SSSR count). The van der Waals surface area contributed by atoms with E-state index in [1.165, 1.54) is 6.07 Å². The zero-order chi connectivity index (χ0) is 8.55. The molecular formula is C8H9NO3. The van der Waals surface area contributed by atoms with Crippen LogP contribution in [0, 0.1) is 0 Å². The van der Waals surface area contributed by atoms with E-state index < -0.39 is 0 Å². The summed E-state index contributed by atoms with van der Waals surface area (Å²) >= 11 is 0. The summed E-state index contributed by atoms with van der Waals surface area (Å²) in [4.78, 5) is 13.6. The zero-order valence-corrected chi connectivity index (χ0v) is 6.46. The summed E-state index contributed by atoms with van der Waals surface area (Å²) in [7, 11) is 0. The SMILES string of the molecule is O=c1cc(O)c2c([nH]1)CCOC2. The van der Waals surface area contributed by atoms with Gasteiger partial charge >= 0.3 is 0 Å². The van der Waals surface area contributed by atoms with Crippen molar-refractivity contribution in [1.29, 1.82) is 0 Å². The molecule has 0 aromatic carbocycles. The molecule has 0 atom stereocenters. The van der Waals surface area contributed by atoms with Gasteiger partial charge in [-0.2, -0.15) is 0 Å². The molecule has 0 spiro atoms. The monoisotopic (exact) mass is 167 g/mol. The summed E-state index contributed by atoms with van der Waals surface area (Å²) in [6, 6.07) is 1.17. The van der Waals surface area contributed by atoms with E-state index in [2.05, 4.69) is 4.98 Å². The molecule has 4 heteroatoms. The number of ether oxygens (including phenoxy) is 1. The Morgan fingerprint density at radius 3 is 3.25 bits per heavy atom. The van der Waals surface area contributed by atoms with Gasteiger partial charge in [0.15, 0.2) is 0 Å². The number of pyridine rings is 1. The van der Waals surface area contributed by atoms with Crippen LogP contribution in [0.3, 0.4) is 0 Å². The second kappa shape index (κ2) is 2.64. The van der Waals surface area contributed by atoms with Gasteiger partial charge in [-0.3, -0.25) is 4.79 Å². The minimum Gasteiger partial charge on any atom is -0.507 e. The largest absolute Gasteiger partial charge is 0.507 e. The molecule has 64 valence electrons. The first-order chi connectivity index (χ1) is 5.77. The van der Waals surface area contributed by atoms with Gasteiger partial charge in [-0.25, -0.2) is 0 Å². The second-order valence-electron chi connectivity index (χ2n) is 2.78. The third kappa shape index (κ3) is 1.10. The van der Waals surface area contributed by atoms with Gasteiger partial charge in [0.1, 0.15) is 5.75 Å². The van der Waals surface area contributed by atoms with E-state index in [1.54, 1.807) is 0 Å². The number of aromatic hydroxyl groups is 1. The van der Waals surface area contributed by atoms with Crippen LogP contribution in [0.15, 0.2) is 10.9 Å². The fraction of sp³-hybridized carbons (Fsp3) is 0.375. The summed E-state index contributed by atoms with van der Waals surface area (Å²) in [6.07, 6.45) is 0.666. The maximum Gasteiger partial charge on any atom is 0.251 e. The van der Waals surface area contributed by atoms with Crippen molar-refractivity contribution in [3.05, 3.63) is 27.7 Å². The predicted octanol–water partition coefficient (Wildman–Crippen LogP) is 0.153. The molecule has 1 aliphatic rings. The van der Waals surface area contributed by atoms with Crippen LogP contribution in [-0.2, 0) is 17.8 Å². The number of aromatic amines is 1. The Kier molecular flexibility index (Phi) is 1.62. The van der Waals surface area contributed by atoms with E-state index >= 15 is 0 Å². The number of H-pyrrole nitrogens is 1. The van der Waals surface area contributed by atoms with E-state index in [9.17, 15) is 9.90 Å². The number of fused-ring (bicyclic) bond motifs is 1. The topological polar surface area (TPSA) is 62.3 Å². The number of rotatable bonds is 0. The minimum absolute atomic E-state index is 0.0356. The third-order valence-corrected chi connectivity index (χ3v) is 1.96. The molecular weight excluding hydrogens is 158 g/mol. The van der Waals surface area contributed by atoms with Crippen molar-refractivity contribution in [2.45, 2.75) is 13.0 Å². The molecule has 0 radical (unpaired) electrons. The van der Waals surface area contributed by atoms with Gasteiger partial charge < -0.3 is 14.8 Å². The van der Waals surface area contributed by atoms with Gasteiger partial charge in [-0.15, -0.1) is 0 Å².